The number of carbonyl (C=O) groups is 3. The van der Waals surface area contributed by atoms with E-state index in [9.17, 15) is 14.4 Å². The maximum Gasteiger partial charge on any atom is 0.224 e. The lowest BCUT2D eigenvalue weighted by Gasteiger charge is -2.15. The van der Waals surface area contributed by atoms with Crippen molar-refractivity contribution in [3.8, 4) is 0 Å². The molecule has 0 radical (unpaired) electrons. The van der Waals surface area contributed by atoms with Gasteiger partial charge >= 0.3 is 0 Å². The summed E-state index contributed by atoms with van der Waals surface area (Å²) >= 11 is 1.39. The topological polar surface area (TPSA) is 66.5 Å². The van der Waals surface area contributed by atoms with E-state index in [1.807, 2.05) is 23.6 Å². The van der Waals surface area contributed by atoms with Crippen LogP contribution in [-0.4, -0.2) is 24.1 Å². The van der Waals surface area contributed by atoms with Crippen molar-refractivity contribution in [3.05, 3.63) is 46.2 Å². The number of nitrogens with one attached hydrogen (secondary N) is 1. The molecule has 6 heteroatoms. The average molecular weight is 342 g/mol. The number of hydrogen-bond donors (Lipinski definition) is 1. The lowest BCUT2D eigenvalue weighted by molar-refractivity contribution is -0.117. The highest BCUT2D eigenvalue weighted by Gasteiger charge is 2.22. The Kier molecular flexibility index (Phi) is 4.76. The molecule has 124 valence electrons. The SMILES string of the molecule is CC(=O)N1CCc2cc(NC(=O)CCC(=O)c3cccs3)ccc21. The van der Waals surface area contributed by atoms with Gasteiger partial charge in [-0.05, 0) is 41.6 Å². The summed E-state index contributed by atoms with van der Waals surface area (Å²) in [5, 5.41) is 4.67. The van der Waals surface area contributed by atoms with Gasteiger partial charge in [0.25, 0.3) is 0 Å². The lowest BCUT2D eigenvalue weighted by Crippen LogP contribution is -2.25. The minimum atomic E-state index is -0.179. The Morgan fingerprint density at radius 1 is 1.21 bits per heavy atom. The first kappa shape index (κ1) is 16.4. The fourth-order valence-electron chi connectivity index (χ4n) is 2.82. The molecule has 2 heterocycles. The van der Waals surface area contributed by atoms with Crippen LogP contribution in [0.5, 0.6) is 0 Å². The van der Waals surface area contributed by atoms with E-state index in [-0.39, 0.29) is 30.4 Å². The number of nitrogens with zero attached hydrogens (tertiary/aromatic N) is 1. The highest BCUT2D eigenvalue weighted by molar-refractivity contribution is 7.12. The van der Waals surface area contributed by atoms with Crippen LogP contribution in [0.15, 0.2) is 35.7 Å². The molecule has 0 bridgehead atoms. The standard InChI is InChI=1S/C18H18N2O3S/c1-12(21)20-9-8-13-11-14(4-5-15(13)20)19-18(23)7-6-16(22)17-3-2-10-24-17/h2-5,10-11H,6-9H2,1H3,(H,19,23). The summed E-state index contributed by atoms with van der Waals surface area (Å²) in [6, 6.07) is 9.14. The second-order valence-electron chi connectivity index (χ2n) is 5.71. The summed E-state index contributed by atoms with van der Waals surface area (Å²) in [7, 11) is 0. The monoisotopic (exact) mass is 342 g/mol. The first-order chi connectivity index (χ1) is 11.5. The fraction of sp³-hybridized carbons (Fsp3) is 0.278. The van der Waals surface area contributed by atoms with Gasteiger partial charge in [0.1, 0.15) is 0 Å². The molecule has 1 aromatic carbocycles. The zero-order chi connectivity index (χ0) is 17.1. The van der Waals surface area contributed by atoms with E-state index < -0.39 is 0 Å². The first-order valence-corrected chi connectivity index (χ1v) is 8.70. The van der Waals surface area contributed by atoms with Crippen molar-refractivity contribution >= 4 is 40.3 Å². The van der Waals surface area contributed by atoms with E-state index in [1.165, 1.54) is 11.3 Å². The number of rotatable bonds is 5. The second kappa shape index (κ2) is 6.97. The van der Waals surface area contributed by atoms with E-state index >= 15 is 0 Å². The molecule has 3 rings (SSSR count). The van der Waals surface area contributed by atoms with Crippen LogP contribution in [0.25, 0.3) is 0 Å². The molecule has 0 saturated carbocycles. The van der Waals surface area contributed by atoms with Crippen LogP contribution in [0.3, 0.4) is 0 Å². The summed E-state index contributed by atoms with van der Waals surface area (Å²) in [6.07, 6.45) is 1.15. The van der Waals surface area contributed by atoms with Gasteiger partial charge in [0.05, 0.1) is 4.88 Å². The molecule has 1 N–H and O–H groups in total. The summed E-state index contributed by atoms with van der Waals surface area (Å²) in [5.74, 6) is -0.162. The second-order valence-corrected chi connectivity index (χ2v) is 6.66. The minimum absolute atomic E-state index is 0.00815. The molecule has 0 aliphatic carbocycles. The van der Waals surface area contributed by atoms with E-state index in [2.05, 4.69) is 5.32 Å². The Morgan fingerprint density at radius 2 is 2.04 bits per heavy atom. The largest absolute Gasteiger partial charge is 0.326 e. The number of ketones is 1. The van der Waals surface area contributed by atoms with Crippen LogP contribution in [0, 0.1) is 0 Å². The fourth-order valence-corrected chi connectivity index (χ4v) is 3.51. The highest BCUT2D eigenvalue weighted by Crippen LogP contribution is 2.30. The van der Waals surface area contributed by atoms with Gasteiger partial charge in [0, 0.05) is 37.7 Å². The molecule has 2 aromatic rings. The van der Waals surface area contributed by atoms with E-state index in [1.54, 1.807) is 24.0 Å². The molecule has 1 aromatic heterocycles. The number of anilines is 2. The van der Waals surface area contributed by atoms with Crippen molar-refractivity contribution in [1.82, 2.24) is 0 Å². The molecular weight excluding hydrogens is 324 g/mol. The van der Waals surface area contributed by atoms with Gasteiger partial charge < -0.3 is 10.2 Å². The molecule has 1 aliphatic heterocycles. The average Bonchev–Trinajstić information content (AvgIpc) is 3.21. The predicted octanol–water partition coefficient (Wildman–Crippen LogP) is 3.26. The maximum atomic E-state index is 12.0. The predicted molar refractivity (Wildman–Crippen MR) is 94.7 cm³/mol. The Balaban J connectivity index is 1.57. The number of amides is 2. The third-order valence-electron chi connectivity index (χ3n) is 4.01. The highest BCUT2D eigenvalue weighted by atomic mass is 32.1. The molecule has 0 saturated heterocycles. The first-order valence-electron chi connectivity index (χ1n) is 7.82. The van der Waals surface area contributed by atoms with Crippen molar-refractivity contribution in [2.75, 3.05) is 16.8 Å². The Hall–Kier alpha value is -2.47. The van der Waals surface area contributed by atoms with Gasteiger partial charge in [-0.2, -0.15) is 0 Å². The molecule has 1 aliphatic rings. The van der Waals surface area contributed by atoms with Gasteiger partial charge in [0.2, 0.25) is 11.8 Å². The zero-order valence-corrected chi connectivity index (χ0v) is 14.2. The third-order valence-corrected chi connectivity index (χ3v) is 4.92. The molecule has 0 atom stereocenters. The van der Waals surface area contributed by atoms with Crippen molar-refractivity contribution in [1.29, 1.82) is 0 Å². The smallest absolute Gasteiger partial charge is 0.224 e. The Labute approximate surface area is 144 Å². The van der Waals surface area contributed by atoms with Crippen LogP contribution < -0.4 is 10.2 Å². The number of thiophene rings is 1. The Morgan fingerprint density at radius 3 is 2.75 bits per heavy atom. The van der Waals surface area contributed by atoms with Gasteiger partial charge in [0.15, 0.2) is 5.78 Å². The number of carbonyl (C=O) groups excluding carboxylic acids is 3. The van der Waals surface area contributed by atoms with Gasteiger partial charge in [-0.1, -0.05) is 6.07 Å². The molecule has 2 amide bonds. The number of hydrogen-bond acceptors (Lipinski definition) is 4. The van der Waals surface area contributed by atoms with E-state index in [4.69, 9.17) is 0 Å². The molecule has 0 unspecified atom stereocenters. The zero-order valence-electron chi connectivity index (χ0n) is 13.4. The number of fused-ring (bicyclic) bond motifs is 1. The number of benzene rings is 1. The summed E-state index contributed by atoms with van der Waals surface area (Å²) in [5.41, 5.74) is 2.67. The maximum absolute atomic E-state index is 12.0. The third kappa shape index (κ3) is 3.54. The van der Waals surface area contributed by atoms with Crippen LogP contribution in [0.1, 0.15) is 35.0 Å². The van der Waals surface area contributed by atoms with Gasteiger partial charge in [-0.3, -0.25) is 14.4 Å². The molecule has 0 fully saturated rings. The van der Waals surface area contributed by atoms with E-state index in [0.29, 0.717) is 17.1 Å². The summed E-state index contributed by atoms with van der Waals surface area (Å²) < 4.78 is 0. The van der Waals surface area contributed by atoms with Gasteiger partial charge in [-0.25, -0.2) is 0 Å². The molecule has 0 spiro atoms. The summed E-state index contributed by atoms with van der Waals surface area (Å²) in [4.78, 5) is 37.9. The van der Waals surface area contributed by atoms with Crippen LogP contribution in [0.4, 0.5) is 11.4 Å². The lowest BCUT2D eigenvalue weighted by atomic mass is 10.1. The van der Waals surface area contributed by atoms with Gasteiger partial charge in [-0.15, -0.1) is 11.3 Å². The van der Waals surface area contributed by atoms with Crippen LogP contribution >= 0.6 is 11.3 Å². The van der Waals surface area contributed by atoms with Crippen molar-refractivity contribution in [2.24, 2.45) is 0 Å². The molecular formula is C18H18N2O3S. The minimum Gasteiger partial charge on any atom is -0.326 e. The Bertz CT molecular complexity index is 784. The quantitative estimate of drug-likeness (QED) is 0.848. The van der Waals surface area contributed by atoms with Crippen LogP contribution in [-0.2, 0) is 16.0 Å². The van der Waals surface area contributed by atoms with Crippen molar-refractivity contribution < 1.29 is 14.4 Å². The van der Waals surface area contributed by atoms with E-state index in [0.717, 1.165) is 17.7 Å². The van der Waals surface area contributed by atoms with Crippen molar-refractivity contribution in [3.63, 3.8) is 0 Å². The molecule has 5 nitrogen and oxygen atoms in total. The number of Topliss-reactive ketones (excluding diaryl/α,β-unsaturated/α-hetero) is 1. The van der Waals surface area contributed by atoms with Crippen LogP contribution in [0.2, 0.25) is 0 Å². The normalized spacial score (nSPS) is 12.8. The summed E-state index contributed by atoms with van der Waals surface area (Å²) in [6.45, 7) is 2.23. The van der Waals surface area contributed by atoms with Crippen molar-refractivity contribution in [2.45, 2.75) is 26.2 Å². The molecule has 24 heavy (non-hydrogen) atoms.